The molecule has 0 unspecified atom stereocenters. The highest BCUT2D eigenvalue weighted by molar-refractivity contribution is 5.68. The van der Waals surface area contributed by atoms with Crippen molar-refractivity contribution >= 4 is 6.01 Å². The largest absolute Gasteiger partial charge is 0.496 e. The molecule has 0 bridgehead atoms. The molecule has 0 saturated heterocycles. The van der Waals surface area contributed by atoms with Crippen LogP contribution in [0, 0.1) is 20.8 Å². The van der Waals surface area contributed by atoms with Crippen LogP contribution in [-0.4, -0.2) is 19.1 Å². The quantitative estimate of drug-likeness (QED) is 0.902. The topological polar surface area (TPSA) is 47.3 Å². The summed E-state index contributed by atoms with van der Waals surface area (Å²) in [5.41, 5.74) is 4.21. The summed E-state index contributed by atoms with van der Waals surface area (Å²) in [7, 11) is 3.47. The van der Waals surface area contributed by atoms with Gasteiger partial charge in [0.05, 0.1) is 12.8 Å². The zero-order valence-electron chi connectivity index (χ0n) is 11.4. The van der Waals surface area contributed by atoms with Crippen LogP contribution < -0.4 is 10.1 Å². The lowest BCUT2D eigenvalue weighted by Gasteiger charge is -2.11. The van der Waals surface area contributed by atoms with Crippen molar-refractivity contribution < 1.29 is 9.15 Å². The average Bonchev–Trinajstić information content (AvgIpc) is 2.74. The van der Waals surface area contributed by atoms with Gasteiger partial charge in [0, 0.05) is 12.6 Å². The number of rotatable bonds is 3. The smallest absolute Gasteiger partial charge is 0.295 e. The standard InChI is InChI=1S/C14H18N2O2/c1-8-9(2)12(17-5)7-6-11(8)13-10(3)16-14(15-4)18-13/h6-7H,1-5H3,(H,15,16). The molecule has 1 aromatic heterocycles. The third kappa shape index (κ3) is 1.94. The maximum atomic E-state index is 5.70. The Morgan fingerprint density at radius 2 is 1.89 bits per heavy atom. The van der Waals surface area contributed by atoms with Gasteiger partial charge in [-0.3, -0.25) is 0 Å². The summed E-state index contributed by atoms with van der Waals surface area (Å²) in [6.45, 7) is 6.05. The van der Waals surface area contributed by atoms with Crippen molar-refractivity contribution in [2.45, 2.75) is 20.8 Å². The van der Waals surface area contributed by atoms with Crippen LogP contribution in [0.2, 0.25) is 0 Å². The molecule has 0 aliphatic rings. The molecule has 18 heavy (non-hydrogen) atoms. The molecule has 4 heteroatoms. The van der Waals surface area contributed by atoms with E-state index >= 15 is 0 Å². The maximum Gasteiger partial charge on any atom is 0.295 e. The number of nitrogens with one attached hydrogen (secondary N) is 1. The van der Waals surface area contributed by atoms with Crippen LogP contribution in [0.4, 0.5) is 6.01 Å². The normalized spacial score (nSPS) is 10.5. The van der Waals surface area contributed by atoms with Gasteiger partial charge in [0.2, 0.25) is 0 Å². The van der Waals surface area contributed by atoms with Gasteiger partial charge in [0.15, 0.2) is 5.76 Å². The predicted molar refractivity (Wildman–Crippen MR) is 72.2 cm³/mol. The van der Waals surface area contributed by atoms with Gasteiger partial charge in [0.1, 0.15) is 5.75 Å². The second-order valence-corrected chi connectivity index (χ2v) is 4.25. The van der Waals surface area contributed by atoms with Gasteiger partial charge in [-0.2, -0.15) is 4.98 Å². The van der Waals surface area contributed by atoms with E-state index < -0.39 is 0 Å². The lowest BCUT2D eigenvalue weighted by molar-refractivity contribution is 0.411. The summed E-state index contributed by atoms with van der Waals surface area (Å²) in [6, 6.07) is 4.50. The number of hydrogen-bond acceptors (Lipinski definition) is 4. The van der Waals surface area contributed by atoms with E-state index in [1.54, 1.807) is 14.2 Å². The van der Waals surface area contributed by atoms with Gasteiger partial charge >= 0.3 is 0 Å². The zero-order chi connectivity index (χ0) is 13.3. The van der Waals surface area contributed by atoms with Crippen molar-refractivity contribution in [2.75, 3.05) is 19.5 Å². The Morgan fingerprint density at radius 1 is 1.17 bits per heavy atom. The third-order valence-corrected chi connectivity index (χ3v) is 3.21. The highest BCUT2D eigenvalue weighted by Crippen LogP contribution is 2.33. The van der Waals surface area contributed by atoms with Crippen molar-refractivity contribution in [2.24, 2.45) is 0 Å². The first-order chi connectivity index (χ1) is 8.58. The highest BCUT2D eigenvalue weighted by atomic mass is 16.5. The fourth-order valence-corrected chi connectivity index (χ4v) is 2.02. The molecule has 96 valence electrons. The molecule has 0 atom stereocenters. The van der Waals surface area contributed by atoms with Crippen LogP contribution in [0.15, 0.2) is 16.5 Å². The Hall–Kier alpha value is -1.97. The van der Waals surface area contributed by atoms with Crippen molar-refractivity contribution in [3.63, 3.8) is 0 Å². The molecule has 1 aromatic carbocycles. The van der Waals surface area contributed by atoms with E-state index in [2.05, 4.69) is 17.2 Å². The monoisotopic (exact) mass is 246 g/mol. The Labute approximate surface area is 107 Å². The molecule has 0 amide bonds. The van der Waals surface area contributed by atoms with E-state index in [0.29, 0.717) is 6.01 Å². The first kappa shape index (κ1) is 12.5. The molecule has 4 nitrogen and oxygen atoms in total. The van der Waals surface area contributed by atoms with Crippen molar-refractivity contribution in [1.82, 2.24) is 4.98 Å². The number of ether oxygens (including phenoxy) is 1. The summed E-state index contributed by atoms with van der Waals surface area (Å²) < 4.78 is 11.0. The molecule has 1 heterocycles. The van der Waals surface area contributed by atoms with Gasteiger partial charge in [0.25, 0.3) is 6.01 Å². The SMILES string of the molecule is CNc1nc(C)c(-c2ccc(OC)c(C)c2C)o1. The van der Waals surface area contributed by atoms with Crippen LogP contribution in [0.25, 0.3) is 11.3 Å². The van der Waals surface area contributed by atoms with E-state index in [-0.39, 0.29) is 0 Å². The van der Waals surface area contributed by atoms with Gasteiger partial charge in [-0.15, -0.1) is 0 Å². The molecule has 0 radical (unpaired) electrons. The molecular weight excluding hydrogens is 228 g/mol. The molecule has 0 aliphatic carbocycles. The first-order valence-corrected chi connectivity index (χ1v) is 5.88. The zero-order valence-corrected chi connectivity index (χ0v) is 11.4. The number of aryl methyl sites for hydroxylation is 1. The van der Waals surface area contributed by atoms with Crippen molar-refractivity contribution in [1.29, 1.82) is 0 Å². The molecule has 0 saturated carbocycles. The fourth-order valence-electron chi connectivity index (χ4n) is 2.02. The minimum absolute atomic E-state index is 0.537. The van der Waals surface area contributed by atoms with Crippen LogP contribution in [0.1, 0.15) is 16.8 Å². The predicted octanol–water partition coefficient (Wildman–Crippen LogP) is 3.32. The summed E-state index contributed by atoms with van der Waals surface area (Å²) in [5, 5.41) is 2.91. The number of anilines is 1. The fraction of sp³-hybridized carbons (Fsp3) is 0.357. The van der Waals surface area contributed by atoms with Crippen molar-refractivity contribution in [3.05, 3.63) is 29.0 Å². The Bertz CT molecular complexity index is 573. The van der Waals surface area contributed by atoms with Gasteiger partial charge < -0.3 is 14.5 Å². The van der Waals surface area contributed by atoms with E-state index in [1.807, 2.05) is 26.0 Å². The summed E-state index contributed by atoms with van der Waals surface area (Å²) >= 11 is 0. The Balaban J connectivity index is 2.57. The molecule has 0 spiro atoms. The Morgan fingerprint density at radius 3 is 2.44 bits per heavy atom. The highest BCUT2D eigenvalue weighted by Gasteiger charge is 2.15. The van der Waals surface area contributed by atoms with E-state index in [4.69, 9.17) is 9.15 Å². The third-order valence-electron chi connectivity index (χ3n) is 3.21. The second-order valence-electron chi connectivity index (χ2n) is 4.25. The van der Waals surface area contributed by atoms with Crippen molar-refractivity contribution in [3.8, 4) is 17.1 Å². The van der Waals surface area contributed by atoms with Crippen LogP contribution in [-0.2, 0) is 0 Å². The molecular formula is C14H18N2O2. The minimum atomic E-state index is 0.537. The summed E-state index contributed by atoms with van der Waals surface area (Å²) in [5.74, 6) is 1.70. The summed E-state index contributed by atoms with van der Waals surface area (Å²) in [6.07, 6.45) is 0. The average molecular weight is 246 g/mol. The Kier molecular flexibility index (Phi) is 3.28. The van der Waals surface area contributed by atoms with E-state index in [9.17, 15) is 0 Å². The molecule has 1 N–H and O–H groups in total. The second kappa shape index (κ2) is 4.72. The van der Waals surface area contributed by atoms with Crippen LogP contribution in [0.3, 0.4) is 0 Å². The number of hydrogen-bond donors (Lipinski definition) is 1. The van der Waals surface area contributed by atoms with E-state index in [0.717, 1.165) is 33.9 Å². The first-order valence-electron chi connectivity index (χ1n) is 5.88. The number of methoxy groups -OCH3 is 1. The number of aromatic nitrogens is 1. The van der Waals surface area contributed by atoms with Crippen LogP contribution in [0.5, 0.6) is 5.75 Å². The molecule has 2 rings (SSSR count). The maximum absolute atomic E-state index is 5.70. The minimum Gasteiger partial charge on any atom is -0.496 e. The number of oxazole rings is 1. The van der Waals surface area contributed by atoms with Gasteiger partial charge in [-0.05, 0) is 44.0 Å². The molecule has 0 aliphatic heterocycles. The molecule has 2 aromatic rings. The van der Waals surface area contributed by atoms with Gasteiger partial charge in [-0.25, -0.2) is 0 Å². The van der Waals surface area contributed by atoms with E-state index in [1.165, 1.54) is 0 Å². The van der Waals surface area contributed by atoms with Crippen LogP contribution >= 0.6 is 0 Å². The van der Waals surface area contributed by atoms with Gasteiger partial charge in [-0.1, -0.05) is 0 Å². The lowest BCUT2D eigenvalue weighted by Crippen LogP contribution is -1.93. The lowest BCUT2D eigenvalue weighted by atomic mass is 10.00. The number of benzene rings is 1. The summed E-state index contributed by atoms with van der Waals surface area (Å²) in [4.78, 5) is 4.31. The molecule has 0 fully saturated rings. The number of nitrogens with zero attached hydrogens (tertiary/aromatic N) is 1.